The van der Waals surface area contributed by atoms with Gasteiger partial charge in [0.1, 0.15) is 11.5 Å². The molecular formula is C29H38FN7O2. The Morgan fingerprint density at radius 1 is 1.21 bits per heavy atom. The number of rotatable bonds is 4. The summed E-state index contributed by atoms with van der Waals surface area (Å²) in [5, 5.41) is 11.4. The molecule has 0 aliphatic carbocycles. The smallest absolute Gasteiger partial charge is 0.269 e. The lowest BCUT2D eigenvalue weighted by molar-refractivity contribution is -0.131. The molecule has 1 amide bonds. The molecule has 1 saturated heterocycles. The Balaban J connectivity index is 0.000000231. The zero-order chi connectivity index (χ0) is 29.1. The summed E-state index contributed by atoms with van der Waals surface area (Å²) < 4.78 is 15.1. The third kappa shape index (κ3) is 6.75. The molecule has 1 aliphatic rings. The molecule has 0 spiro atoms. The normalized spacial score (nSPS) is 16.0. The van der Waals surface area contributed by atoms with Crippen LogP contribution in [-0.2, 0) is 10.2 Å². The van der Waals surface area contributed by atoms with Crippen molar-refractivity contribution in [3.05, 3.63) is 64.9 Å². The fourth-order valence-corrected chi connectivity index (χ4v) is 4.31. The van der Waals surface area contributed by atoms with Gasteiger partial charge < -0.3 is 16.0 Å². The van der Waals surface area contributed by atoms with Crippen molar-refractivity contribution in [2.75, 3.05) is 26.7 Å². The number of imidazole rings is 1. The van der Waals surface area contributed by atoms with Gasteiger partial charge >= 0.3 is 0 Å². The number of nitrogens with two attached hydrogens (primary N) is 1. The fraction of sp³-hybridized carbons (Fsp3) is 0.414. The van der Waals surface area contributed by atoms with Gasteiger partial charge in [-0.2, -0.15) is 5.10 Å². The summed E-state index contributed by atoms with van der Waals surface area (Å²) >= 11 is 0. The molecule has 1 fully saturated rings. The van der Waals surface area contributed by atoms with Gasteiger partial charge in [0.15, 0.2) is 11.9 Å². The van der Waals surface area contributed by atoms with Crippen molar-refractivity contribution in [1.82, 2.24) is 24.4 Å². The Labute approximate surface area is 229 Å². The third-order valence-electron chi connectivity index (χ3n) is 6.94. The highest BCUT2D eigenvalue weighted by atomic mass is 19.1. The van der Waals surface area contributed by atoms with E-state index in [0.29, 0.717) is 36.3 Å². The van der Waals surface area contributed by atoms with Crippen LogP contribution >= 0.6 is 0 Å². The molecule has 3 N–H and O–H groups in total. The first-order valence-electron chi connectivity index (χ1n) is 12.8. The number of carbonyl (C=O) groups excluding carboxylic acids is 2. The van der Waals surface area contributed by atoms with Crippen LogP contribution in [0.5, 0.6) is 0 Å². The number of carbonyl (C=O) groups is 2. The molecule has 9 nitrogen and oxygen atoms in total. The van der Waals surface area contributed by atoms with Crippen LogP contribution in [0.3, 0.4) is 0 Å². The quantitative estimate of drug-likeness (QED) is 0.296. The van der Waals surface area contributed by atoms with E-state index in [-0.39, 0.29) is 28.4 Å². The third-order valence-corrected chi connectivity index (χ3v) is 6.94. The van der Waals surface area contributed by atoms with Crippen molar-refractivity contribution in [1.29, 1.82) is 5.41 Å². The molecule has 0 bridgehead atoms. The molecule has 1 aromatic carbocycles. The largest absolute Gasteiger partial charge is 0.394 e. The Morgan fingerprint density at radius 3 is 2.46 bits per heavy atom. The number of aldehydes is 1. The van der Waals surface area contributed by atoms with Gasteiger partial charge in [0.05, 0.1) is 17.6 Å². The predicted molar refractivity (Wildman–Crippen MR) is 152 cm³/mol. The average molecular weight is 536 g/mol. The number of hydrogen-bond acceptors (Lipinski definition) is 7. The van der Waals surface area contributed by atoms with Crippen molar-refractivity contribution in [2.24, 2.45) is 5.73 Å². The average Bonchev–Trinajstić information content (AvgIpc) is 3.29. The monoisotopic (exact) mass is 535 g/mol. The van der Waals surface area contributed by atoms with E-state index in [9.17, 15) is 14.0 Å². The Hall–Kier alpha value is -3.92. The van der Waals surface area contributed by atoms with Gasteiger partial charge in [0, 0.05) is 42.5 Å². The van der Waals surface area contributed by atoms with E-state index in [1.54, 1.807) is 34.7 Å². The van der Waals surface area contributed by atoms with Gasteiger partial charge in [0.25, 0.3) is 5.91 Å². The molecule has 0 atom stereocenters. The Kier molecular flexibility index (Phi) is 8.70. The number of piperazine rings is 1. The van der Waals surface area contributed by atoms with Crippen LogP contribution < -0.4 is 5.73 Å². The van der Waals surface area contributed by atoms with Gasteiger partial charge in [-0.3, -0.25) is 14.5 Å². The predicted octanol–water partition coefficient (Wildman–Crippen LogP) is 3.98. The van der Waals surface area contributed by atoms with Crippen LogP contribution in [0, 0.1) is 18.2 Å². The summed E-state index contributed by atoms with van der Waals surface area (Å²) in [7, 11) is 2.05. The minimum absolute atomic E-state index is 0.0289. The number of hydrogen-bond donors (Lipinski definition) is 2. The van der Waals surface area contributed by atoms with E-state index in [0.717, 1.165) is 29.6 Å². The number of allylic oxidation sites excluding steroid dienone is 1. The maximum Gasteiger partial charge on any atom is 0.269 e. The molecule has 39 heavy (non-hydrogen) atoms. The van der Waals surface area contributed by atoms with Gasteiger partial charge in [-0.15, -0.1) is 0 Å². The molecule has 0 unspecified atom stereocenters. The SMILES string of the molecule is CN1CCN(C(=O)/C(N)=C/C=N)CC1(C)C.Cc1cc(-c2cc(C(C)(C)C)c3nc(C=O)cn3n2)ccc1F. The van der Waals surface area contributed by atoms with Crippen molar-refractivity contribution in [3.63, 3.8) is 0 Å². The summed E-state index contributed by atoms with van der Waals surface area (Å²) in [6.45, 7) is 14.4. The topological polar surface area (TPSA) is 121 Å². The van der Waals surface area contributed by atoms with Crippen LogP contribution in [0.4, 0.5) is 4.39 Å². The summed E-state index contributed by atoms with van der Waals surface area (Å²) in [5.41, 5.74) is 9.64. The standard InChI is InChI=1S/C18H18FN3O.C11H20N4O/c1-11-7-12(5-6-15(11)19)16-8-14(18(2,3)4)17-20-13(10-23)9-22(17)21-16;1-11(2)8-15(7-6-14(11)3)10(16)9(13)4-5-12/h5-10H,1-4H3;4-5,12H,6-8,13H2,1-3H3/b;9-4-,12-5?. The van der Waals surface area contributed by atoms with E-state index in [1.165, 1.54) is 12.1 Å². The van der Waals surface area contributed by atoms with Gasteiger partial charge in [-0.1, -0.05) is 20.8 Å². The number of aromatic nitrogens is 3. The summed E-state index contributed by atoms with van der Waals surface area (Å²) in [5.74, 6) is -0.415. The van der Waals surface area contributed by atoms with Crippen LogP contribution in [0.1, 0.15) is 56.2 Å². The highest BCUT2D eigenvalue weighted by Gasteiger charge is 2.33. The second-order valence-corrected chi connectivity index (χ2v) is 11.5. The lowest BCUT2D eigenvalue weighted by atomic mass is 9.87. The second kappa shape index (κ2) is 11.4. The number of likely N-dealkylation sites (N-methyl/N-ethyl adjacent to an activating group) is 1. The number of nitrogens with zero attached hydrogens (tertiary/aromatic N) is 5. The minimum atomic E-state index is -0.239. The van der Waals surface area contributed by atoms with E-state index in [2.05, 4.69) is 56.6 Å². The number of benzene rings is 1. The highest BCUT2D eigenvalue weighted by molar-refractivity contribution is 5.96. The van der Waals surface area contributed by atoms with Crippen molar-refractivity contribution < 1.29 is 14.0 Å². The van der Waals surface area contributed by atoms with Crippen LogP contribution in [0.2, 0.25) is 0 Å². The van der Waals surface area contributed by atoms with E-state index < -0.39 is 0 Å². The Morgan fingerprint density at radius 2 is 1.90 bits per heavy atom. The van der Waals surface area contributed by atoms with Crippen LogP contribution in [-0.4, -0.2) is 75.0 Å². The number of nitrogens with one attached hydrogen (secondary N) is 1. The first-order valence-corrected chi connectivity index (χ1v) is 12.8. The van der Waals surface area contributed by atoms with E-state index in [4.69, 9.17) is 11.1 Å². The molecule has 0 saturated carbocycles. The molecule has 10 heteroatoms. The molecule has 4 rings (SSSR count). The molecule has 3 heterocycles. The molecule has 208 valence electrons. The van der Waals surface area contributed by atoms with Gasteiger partial charge in [0.2, 0.25) is 0 Å². The van der Waals surface area contributed by atoms with Gasteiger partial charge in [-0.05, 0) is 69.1 Å². The molecular weight excluding hydrogens is 497 g/mol. The first kappa shape index (κ1) is 29.6. The van der Waals surface area contributed by atoms with Crippen LogP contribution in [0.15, 0.2) is 42.2 Å². The molecule has 2 aromatic heterocycles. The van der Waals surface area contributed by atoms with E-state index in [1.807, 2.05) is 6.07 Å². The maximum atomic E-state index is 13.5. The molecule has 1 aliphatic heterocycles. The second-order valence-electron chi connectivity index (χ2n) is 11.5. The summed E-state index contributed by atoms with van der Waals surface area (Å²) in [4.78, 5) is 31.2. The van der Waals surface area contributed by atoms with E-state index >= 15 is 0 Å². The van der Waals surface area contributed by atoms with Gasteiger partial charge in [-0.25, -0.2) is 13.9 Å². The molecule has 3 aromatic rings. The number of amides is 1. The highest BCUT2D eigenvalue weighted by Crippen LogP contribution is 2.30. The van der Waals surface area contributed by atoms with Crippen LogP contribution in [0.25, 0.3) is 16.9 Å². The Bertz CT molecular complexity index is 1420. The lowest BCUT2D eigenvalue weighted by Crippen LogP contribution is -2.59. The number of aryl methyl sites for hydroxylation is 1. The fourth-order valence-electron chi connectivity index (χ4n) is 4.31. The minimum Gasteiger partial charge on any atom is -0.394 e. The maximum absolute atomic E-state index is 13.5. The zero-order valence-corrected chi connectivity index (χ0v) is 23.7. The summed E-state index contributed by atoms with van der Waals surface area (Å²) in [6.07, 6.45) is 4.68. The number of fused-ring (bicyclic) bond motifs is 1. The van der Waals surface area contributed by atoms with Crippen molar-refractivity contribution in [2.45, 2.75) is 52.5 Å². The molecule has 0 radical (unpaired) electrons. The van der Waals surface area contributed by atoms with Crippen molar-refractivity contribution in [3.8, 4) is 11.3 Å². The van der Waals surface area contributed by atoms with Crippen molar-refractivity contribution >= 4 is 24.1 Å². The lowest BCUT2D eigenvalue weighted by Gasteiger charge is -2.45. The first-order chi connectivity index (χ1) is 18.2. The summed E-state index contributed by atoms with van der Waals surface area (Å²) in [6, 6.07) is 6.88. The number of halogens is 1. The zero-order valence-electron chi connectivity index (χ0n) is 23.7.